The summed E-state index contributed by atoms with van der Waals surface area (Å²) in [5.74, 6) is 1.64. The van der Waals surface area contributed by atoms with E-state index in [1.165, 1.54) is 12.1 Å². The van der Waals surface area contributed by atoms with Crippen LogP contribution in [0.1, 0.15) is 22.6 Å². The number of rotatable bonds is 5. The molecule has 2 aromatic rings. The number of halogens is 3. The highest BCUT2D eigenvalue weighted by atomic mass is 19.4. The van der Waals surface area contributed by atoms with Gasteiger partial charge in [0.05, 0.1) is 12.1 Å². The highest BCUT2D eigenvalue weighted by Crippen LogP contribution is 2.31. The molecule has 1 N–H and O–H groups in total. The van der Waals surface area contributed by atoms with Gasteiger partial charge in [-0.1, -0.05) is 6.07 Å². The Morgan fingerprint density at radius 3 is 2.67 bits per heavy atom. The minimum Gasteiger partial charge on any atom is -0.489 e. The Hall–Kier alpha value is -1.95. The standard InChI is InChI=1S/C15H16F3NO2/c1-10-11(6-14(21-10)8-19-2)9-20-13-5-3-4-12(7-13)15(16,17)18/h3-7,19H,8-9H2,1-2H3. The largest absolute Gasteiger partial charge is 0.489 e. The molecule has 0 unspecified atom stereocenters. The van der Waals surface area contributed by atoms with Gasteiger partial charge in [0.2, 0.25) is 0 Å². The van der Waals surface area contributed by atoms with Gasteiger partial charge in [0.25, 0.3) is 0 Å². The first-order valence-corrected chi connectivity index (χ1v) is 6.43. The fourth-order valence-corrected chi connectivity index (χ4v) is 1.92. The second-order valence-electron chi connectivity index (χ2n) is 4.64. The van der Waals surface area contributed by atoms with Crippen molar-refractivity contribution in [2.45, 2.75) is 26.3 Å². The molecule has 0 radical (unpaired) electrons. The van der Waals surface area contributed by atoms with Crippen LogP contribution in [0.2, 0.25) is 0 Å². The van der Waals surface area contributed by atoms with Gasteiger partial charge >= 0.3 is 6.18 Å². The van der Waals surface area contributed by atoms with Crippen molar-refractivity contribution < 1.29 is 22.3 Å². The van der Waals surface area contributed by atoms with Crippen LogP contribution in [0.25, 0.3) is 0 Å². The Morgan fingerprint density at radius 1 is 1.24 bits per heavy atom. The molecular weight excluding hydrogens is 283 g/mol. The summed E-state index contributed by atoms with van der Waals surface area (Å²) >= 11 is 0. The molecule has 0 bridgehead atoms. The van der Waals surface area contributed by atoms with Gasteiger partial charge in [-0.2, -0.15) is 13.2 Å². The van der Waals surface area contributed by atoms with Gasteiger partial charge in [-0.25, -0.2) is 0 Å². The van der Waals surface area contributed by atoms with Gasteiger partial charge in [-0.05, 0) is 38.2 Å². The van der Waals surface area contributed by atoms with Gasteiger partial charge in [0.15, 0.2) is 0 Å². The molecule has 0 spiro atoms. The van der Waals surface area contributed by atoms with Crippen LogP contribution < -0.4 is 10.1 Å². The fraction of sp³-hybridized carbons (Fsp3) is 0.333. The number of hydrogen-bond acceptors (Lipinski definition) is 3. The molecule has 0 aliphatic carbocycles. The average Bonchev–Trinajstić information content (AvgIpc) is 2.76. The Kier molecular flexibility index (Phi) is 4.57. The summed E-state index contributed by atoms with van der Waals surface area (Å²) in [7, 11) is 1.80. The molecule has 0 amide bonds. The van der Waals surface area contributed by atoms with E-state index in [-0.39, 0.29) is 12.4 Å². The predicted molar refractivity (Wildman–Crippen MR) is 72.0 cm³/mol. The van der Waals surface area contributed by atoms with Gasteiger partial charge in [-0.3, -0.25) is 0 Å². The second-order valence-corrected chi connectivity index (χ2v) is 4.64. The topological polar surface area (TPSA) is 34.4 Å². The third kappa shape index (κ3) is 4.01. The maximum atomic E-state index is 12.6. The van der Waals surface area contributed by atoms with Crippen LogP contribution in [-0.2, 0) is 19.3 Å². The normalized spacial score (nSPS) is 11.7. The minimum atomic E-state index is -4.37. The van der Waals surface area contributed by atoms with Crippen molar-refractivity contribution in [1.29, 1.82) is 0 Å². The minimum absolute atomic E-state index is 0.167. The summed E-state index contributed by atoms with van der Waals surface area (Å²) in [6, 6.07) is 6.66. The van der Waals surface area contributed by atoms with E-state index in [0.717, 1.165) is 23.5 Å². The highest BCUT2D eigenvalue weighted by Gasteiger charge is 2.30. The summed E-state index contributed by atoms with van der Waals surface area (Å²) in [5.41, 5.74) is 0.0949. The molecule has 114 valence electrons. The maximum Gasteiger partial charge on any atom is 0.416 e. The monoisotopic (exact) mass is 299 g/mol. The van der Waals surface area contributed by atoms with Crippen LogP contribution in [-0.4, -0.2) is 7.05 Å². The molecule has 21 heavy (non-hydrogen) atoms. The molecule has 6 heteroatoms. The van der Waals surface area contributed by atoms with Crippen molar-refractivity contribution in [3.05, 3.63) is 53.0 Å². The summed E-state index contributed by atoms with van der Waals surface area (Å²) in [5, 5.41) is 2.96. The molecule has 0 atom stereocenters. The number of furan rings is 1. The third-order valence-corrected chi connectivity index (χ3v) is 2.98. The van der Waals surface area contributed by atoms with E-state index in [4.69, 9.17) is 9.15 Å². The Balaban J connectivity index is 2.06. The molecule has 0 saturated heterocycles. The molecule has 2 rings (SSSR count). The number of alkyl halides is 3. The summed E-state index contributed by atoms with van der Waals surface area (Å²) in [4.78, 5) is 0. The van der Waals surface area contributed by atoms with Crippen molar-refractivity contribution in [2.75, 3.05) is 7.05 Å². The SMILES string of the molecule is CNCc1cc(COc2cccc(C(F)(F)F)c2)c(C)o1. The lowest BCUT2D eigenvalue weighted by atomic mass is 10.2. The van der Waals surface area contributed by atoms with E-state index in [1.807, 2.05) is 6.07 Å². The van der Waals surface area contributed by atoms with E-state index >= 15 is 0 Å². The summed E-state index contributed by atoms with van der Waals surface area (Å²) in [6.07, 6.45) is -4.37. The Labute approximate surface area is 120 Å². The Bertz CT molecular complexity index is 605. The third-order valence-electron chi connectivity index (χ3n) is 2.98. The molecule has 0 fully saturated rings. The van der Waals surface area contributed by atoms with Crippen LogP contribution in [0.4, 0.5) is 13.2 Å². The van der Waals surface area contributed by atoms with Crippen molar-refractivity contribution >= 4 is 0 Å². The lowest BCUT2D eigenvalue weighted by Crippen LogP contribution is -2.05. The predicted octanol–water partition coefficient (Wildman–Crippen LogP) is 3.91. The van der Waals surface area contributed by atoms with Crippen molar-refractivity contribution in [3.8, 4) is 5.75 Å². The highest BCUT2D eigenvalue weighted by molar-refractivity contribution is 5.31. The number of ether oxygens (including phenoxy) is 1. The molecule has 0 aliphatic rings. The van der Waals surface area contributed by atoms with Gasteiger partial charge in [-0.15, -0.1) is 0 Å². The first kappa shape index (κ1) is 15.4. The van der Waals surface area contributed by atoms with E-state index in [0.29, 0.717) is 12.3 Å². The molecule has 0 saturated carbocycles. The first-order chi connectivity index (χ1) is 9.90. The van der Waals surface area contributed by atoms with E-state index < -0.39 is 11.7 Å². The van der Waals surface area contributed by atoms with E-state index in [1.54, 1.807) is 14.0 Å². The Morgan fingerprint density at radius 2 is 2.00 bits per heavy atom. The summed E-state index contributed by atoms with van der Waals surface area (Å²) < 4.78 is 48.7. The van der Waals surface area contributed by atoms with E-state index in [9.17, 15) is 13.2 Å². The zero-order valence-corrected chi connectivity index (χ0v) is 11.8. The quantitative estimate of drug-likeness (QED) is 0.909. The second kappa shape index (κ2) is 6.22. The lowest BCUT2D eigenvalue weighted by molar-refractivity contribution is -0.137. The zero-order valence-electron chi connectivity index (χ0n) is 11.8. The van der Waals surface area contributed by atoms with Gasteiger partial charge < -0.3 is 14.5 Å². The molecular formula is C15H16F3NO2. The molecule has 1 heterocycles. The number of benzene rings is 1. The smallest absolute Gasteiger partial charge is 0.416 e. The van der Waals surface area contributed by atoms with E-state index in [2.05, 4.69) is 5.32 Å². The van der Waals surface area contributed by atoms with Crippen LogP contribution in [0, 0.1) is 6.92 Å². The fourth-order valence-electron chi connectivity index (χ4n) is 1.92. The number of aryl methyl sites for hydroxylation is 1. The number of hydrogen-bond donors (Lipinski definition) is 1. The molecule has 1 aromatic heterocycles. The summed E-state index contributed by atoms with van der Waals surface area (Å²) in [6.45, 7) is 2.55. The molecule has 3 nitrogen and oxygen atoms in total. The average molecular weight is 299 g/mol. The van der Waals surface area contributed by atoms with Crippen LogP contribution in [0.3, 0.4) is 0 Å². The maximum absolute atomic E-state index is 12.6. The molecule has 0 aliphatic heterocycles. The van der Waals surface area contributed by atoms with Crippen molar-refractivity contribution in [2.24, 2.45) is 0 Å². The van der Waals surface area contributed by atoms with Gasteiger partial charge in [0, 0.05) is 5.56 Å². The van der Waals surface area contributed by atoms with Crippen LogP contribution >= 0.6 is 0 Å². The van der Waals surface area contributed by atoms with Crippen molar-refractivity contribution in [1.82, 2.24) is 5.32 Å². The lowest BCUT2D eigenvalue weighted by Gasteiger charge is -2.09. The zero-order chi connectivity index (χ0) is 15.5. The molecule has 1 aromatic carbocycles. The number of nitrogens with one attached hydrogen (secondary N) is 1. The van der Waals surface area contributed by atoms with Crippen LogP contribution in [0.5, 0.6) is 5.75 Å². The van der Waals surface area contributed by atoms with Crippen LogP contribution in [0.15, 0.2) is 34.7 Å². The van der Waals surface area contributed by atoms with Gasteiger partial charge in [0.1, 0.15) is 23.9 Å². The first-order valence-electron chi connectivity index (χ1n) is 6.43. The van der Waals surface area contributed by atoms with Crippen molar-refractivity contribution in [3.63, 3.8) is 0 Å².